The molecule has 0 aromatic carbocycles. The topological polar surface area (TPSA) is 75.3 Å². The maximum absolute atomic E-state index is 11.3. The number of aliphatic hydroxyl groups excluding tert-OH is 2. The molecule has 2 N–H and O–H groups in total. The van der Waals surface area contributed by atoms with Gasteiger partial charge in [0.25, 0.3) is 0 Å². The highest BCUT2D eigenvalue weighted by Crippen LogP contribution is 2.17. The Hall–Kier alpha value is -1.72. The first-order chi connectivity index (χ1) is 8.16. The fourth-order valence-electron chi connectivity index (χ4n) is 1.73. The van der Waals surface area contributed by atoms with E-state index < -0.39 is 12.2 Å². The second-order valence-electron chi connectivity index (χ2n) is 3.97. The van der Waals surface area contributed by atoms with E-state index in [4.69, 9.17) is 0 Å². The van der Waals surface area contributed by atoms with Crippen LogP contribution in [-0.2, 0) is 11.3 Å². The lowest BCUT2D eigenvalue weighted by Gasteiger charge is -2.19. The number of nitrogens with zero attached hydrogens (tertiary/aromatic N) is 2. The van der Waals surface area contributed by atoms with Crippen molar-refractivity contribution < 1.29 is 15.0 Å². The van der Waals surface area contributed by atoms with Gasteiger partial charge in [0.15, 0.2) is 5.78 Å². The molecule has 0 fully saturated rings. The number of hydrogen-bond acceptors (Lipinski definition) is 4. The van der Waals surface area contributed by atoms with Gasteiger partial charge in [-0.1, -0.05) is 12.2 Å². The van der Waals surface area contributed by atoms with E-state index in [1.807, 2.05) is 16.8 Å². The molecule has 0 amide bonds. The summed E-state index contributed by atoms with van der Waals surface area (Å²) in [6.07, 6.45) is 8.22. The molecule has 0 radical (unpaired) electrons. The molecule has 0 aliphatic heterocycles. The Morgan fingerprint density at radius 2 is 2.35 bits per heavy atom. The molecule has 5 nitrogen and oxygen atoms in total. The van der Waals surface area contributed by atoms with Gasteiger partial charge in [0, 0.05) is 25.4 Å². The highest BCUT2D eigenvalue weighted by Gasteiger charge is 2.25. The van der Waals surface area contributed by atoms with Gasteiger partial charge in [0.2, 0.25) is 0 Å². The summed E-state index contributed by atoms with van der Waals surface area (Å²) < 4.78 is 1.85. The van der Waals surface area contributed by atoms with Crippen molar-refractivity contribution in [2.75, 3.05) is 0 Å². The summed E-state index contributed by atoms with van der Waals surface area (Å²) in [6.45, 7) is 0.606. The molecule has 17 heavy (non-hydrogen) atoms. The van der Waals surface area contributed by atoms with Crippen LogP contribution in [0.5, 0.6) is 0 Å². The predicted molar refractivity (Wildman–Crippen MR) is 61.1 cm³/mol. The van der Waals surface area contributed by atoms with Crippen LogP contribution in [0.25, 0.3) is 0 Å². The Bertz CT molecular complexity index is 448. The smallest absolute Gasteiger partial charge is 0.168 e. The number of hydrogen-bond donors (Lipinski definition) is 2. The first kappa shape index (κ1) is 11.8. The lowest BCUT2D eigenvalue weighted by Crippen LogP contribution is -2.30. The van der Waals surface area contributed by atoms with Gasteiger partial charge in [0.1, 0.15) is 6.10 Å². The molecule has 90 valence electrons. The van der Waals surface area contributed by atoms with Crippen LogP contribution in [0, 0.1) is 0 Å². The first-order valence-corrected chi connectivity index (χ1v) is 5.39. The molecule has 1 aliphatic carbocycles. The third-order valence-electron chi connectivity index (χ3n) is 2.60. The van der Waals surface area contributed by atoms with Crippen LogP contribution in [0.15, 0.2) is 42.5 Å². The highest BCUT2D eigenvalue weighted by atomic mass is 16.3. The van der Waals surface area contributed by atoms with Crippen molar-refractivity contribution in [2.24, 2.45) is 0 Å². The van der Waals surface area contributed by atoms with Crippen molar-refractivity contribution in [3.05, 3.63) is 42.5 Å². The third-order valence-corrected chi connectivity index (χ3v) is 2.60. The number of allylic oxidation sites excluding steroid dienone is 1. The quantitative estimate of drug-likeness (QED) is 0.775. The fourth-order valence-corrected chi connectivity index (χ4v) is 1.73. The van der Waals surface area contributed by atoms with Crippen molar-refractivity contribution in [1.29, 1.82) is 0 Å². The Morgan fingerprint density at radius 1 is 1.53 bits per heavy atom. The van der Waals surface area contributed by atoms with Crippen molar-refractivity contribution in [3.63, 3.8) is 0 Å². The van der Waals surface area contributed by atoms with E-state index in [0.29, 0.717) is 12.1 Å². The minimum Gasteiger partial charge on any atom is -0.389 e. The summed E-state index contributed by atoms with van der Waals surface area (Å²) in [5.41, 5.74) is 0.453. The van der Waals surface area contributed by atoms with Gasteiger partial charge in [-0.25, -0.2) is 4.98 Å². The number of rotatable bonds is 3. The zero-order valence-electron chi connectivity index (χ0n) is 9.23. The van der Waals surface area contributed by atoms with Crippen molar-refractivity contribution in [2.45, 2.75) is 25.2 Å². The number of Topliss-reactive ketones (excluding diaryl/α,β-unsaturated/α-hetero) is 1. The molecule has 1 aromatic rings. The molecular weight excluding hydrogens is 220 g/mol. The lowest BCUT2D eigenvalue weighted by atomic mass is 9.93. The van der Waals surface area contributed by atoms with E-state index in [9.17, 15) is 15.0 Å². The highest BCUT2D eigenvalue weighted by molar-refractivity contribution is 5.88. The van der Waals surface area contributed by atoms with Crippen LogP contribution >= 0.6 is 0 Å². The van der Waals surface area contributed by atoms with Gasteiger partial charge >= 0.3 is 0 Å². The molecule has 2 unspecified atom stereocenters. The van der Waals surface area contributed by atoms with Gasteiger partial charge in [-0.2, -0.15) is 0 Å². The minimum atomic E-state index is -1.11. The molecule has 1 aromatic heterocycles. The molecule has 2 atom stereocenters. The van der Waals surface area contributed by atoms with Crippen LogP contribution in [0.4, 0.5) is 0 Å². The standard InChI is InChI=1S/C12H14N2O3/c15-10-6-9(12(17)11(16)7-10)2-1-4-14-5-3-13-8-14/h1-3,5-6,8,10,12,15,17H,4,7H2. The van der Waals surface area contributed by atoms with Crippen LogP contribution in [0.3, 0.4) is 0 Å². The second kappa shape index (κ2) is 5.07. The second-order valence-corrected chi connectivity index (χ2v) is 3.97. The zero-order chi connectivity index (χ0) is 12.3. The molecule has 5 heteroatoms. The summed E-state index contributed by atoms with van der Waals surface area (Å²) in [5, 5.41) is 19.0. The summed E-state index contributed by atoms with van der Waals surface area (Å²) in [5.74, 6) is -0.345. The Labute approximate surface area is 98.7 Å². The monoisotopic (exact) mass is 234 g/mol. The van der Waals surface area contributed by atoms with Crippen molar-refractivity contribution in [1.82, 2.24) is 9.55 Å². The number of aliphatic hydroxyl groups is 2. The van der Waals surface area contributed by atoms with Gasteiger partial charge in [0.05, 0.1) is 12.4 Å². The van der Waals surface area contributed by atoms with Crippen LogP contribution in [-0.4, -0.2) is 37.8 Å². The SMILES string of the molecule is O=C1CC(O)C=C(C=CCn2ccnc2)C1O. The summed E-state index contributed by atoms with van der Waals surface area (Å²) in [4.78, 5) is 15.2. The largest absolute Gasteiger partial charge is 0.389 e. The van der Waals surface area contributed by atoms with Gasteiger partial charge in [-0.05, 0) is 11.6 Å². The van der Waals surface area contributed by atoms with Crippen molar-refractivity contribution in [3.8, 4) is 0 Å². The van der Waals surface area contributed by atoms with E-state index in [2.05, 4.69) is 4.98 Å². The maximum Gasteiger partial charge on any atom is 0.168 e. The lowest BCUT2D eigenvalue weighted by molar-refractivity contribution is -0.127. The molecule has 1 heterocycles. The van der Waals surface area contributed by atoms with Crippen LogP contribution in [0.1, 0.15) is 6.42 Å². The molecule has 0 saturated carbocycles. The van der Waals surface area contributed by atoms with Crippen LogP contribution in [0.2, 0.25) is 0 Å². The average Bonchev–Trinajstić information content (AvgIpc) is 2.78. The predicted octanol–water partition coefficient (Wildman–Crippen LogP) is 0.0603. The molecular formula is C12H14N2O3. The summed E-state index contributed by atoms with van der Waals surface area (Å²) in [6, 6.07) is 0. The Balaban J connectivity index is 2.02. The molecule has 2 rings (SSSR count). The number of ketones is 1. The maximum atomic E-state index is 11.3. The molecule has 0 spiro atoms. The minimum absolute atomic E-state index is 0.0139. The summed E-state index contributed by atoms with van der Waals surface area (Å²) in [7, 11) is 0. The van der Waals surface area contributed by atoms with Gasteiger partial charge < -0.3 is 14.8 Å². The van der Waals surface area contributed by atoms with Gasteiger partial charge in [-0.15, -0.1) is 0 Å². The first-order valence-electron chi connectivity index (χ1n) is 5.39. The average molecular weight is 234 g/mol. The zero-order valence-corrected chi connectivity index (χ0v) is 9.23. The van der Waals surface area contributed by atoms with E-state index in [1.54, 1.807) is 18.6 Å². The van der Waals surface area contributed by atoms with E-state index in [0.717, 1.165) is 0 Å². The van der Waals surface area contributed by atoms with E-state index in [-0.39, 0.29) is 12.2 Å². The number of carbonyl (C=O) groups excluding carboxylic acids is 1. The third kappa shape index (κ3) is 2.89. The Kier molecular flexibility index (Phi) is 3.51. The summed E-state index contributed by atoms with van der Waals surface area (Å²) >= 11 is 0. The van der Waals surface area contributed by atoms with E-state index >= 15 is 0 Å². The van der Waals surface area contributed by atoms with E-state index in [1.165, 1.54) is 6.08 Å². The fraction of sp³-hybridized carbons (Fsp3) is 0.333. The number of aromatic nitrogens is 2. The van der Waals surface area contributed by atoms with Gasteiger partial charge in [-0.3, -0.25) is 4.79 Å². The number of carbonyl (C=O) groups is 1. The van der Waals surface area contributed by atoms with Crippen molar-refractivity contribution >= 4 is 5.78 Å². The Morgan fingerprint density at radius 3 is 3.06 bits per heavy atom. The molecule has 0 saturated heterocycles. The molecule has 1 aliphatic rings. The van der Waals surface area contributed by atoms with Crippen LogP contribution < -0.4 is 0 Å². The number of imidazole rings is 1. The molecule has 0 bridgehead atoms. The normalized spacial score (nSPS) is 25.3.